The molecule has 0 spiro atoms. The van der Waals surface area contributed by atoms with Crippen LogP contribution in [0, 0.1) is 19.8 Å². The first-order valence-corrected chi connectivity index (χ1v) is 9.61. The standard InChI is InChI=1S/C15H21N3O3S2/c1-10-5-11(2)7-13(6-10)16-15(22)18-17-14(19)8-12-3-4-23(20,21)9-12/h5-7,12H,3-4,8-9H2,1-2H3,(H,17,19)(H2,16,18,22)/t12-/m1/s1. The summed E-state index contributed by atoms with van der Waals surface area (Å²) in [7, 11) is -2.96. The monoisotopic (exact) mass is 355 g/mol. The van der Waals surface area contributed by atoms with E-state index in [1.807, 2.05) is 26.0 Å². The van der Waals surface area contributed by atoms with Gasteiger partial charge in [0.05, 0.1) is 11.5 Å². The fraction of sp³-hybridized carbons (Fsp3) is 0.467. The summed E-state index contributed by atoms with van der Waals surface area (Å²) >= 11 is 5.13. The van der Waals surface area contributed by atoms with Gasteiger partial charge in [-0.15, -0.1) is 0 Å². The molecule has 6 nitrogen and oxygen atoms in total. The zero-order valence-corrected chi connectivity index (χ0v) is 14.8. The van der Waals surface area contributed by atoms with Gasteiger partial charge in [0.2, 0.25) is 5.91 Å². The highest BCUT2D eigenvalue weighted by molar-refractivity contribution is 7.91. The van der Waals surface area contributed by atoms with Crippen LogP contribution in [0.3, 0.4) is 0 Å². The number of amides is 1. The molecule has 1 heterocycles. The van der Waals surface area contributed by atoms with Crippen LogP contribution >= 0.6 is 12.2 Å². The molecule has 2 rings (SSSR count). The number of carbonyl (C=O) groups excluding carboxylic acids is 1. The first kappa shape index (κ1) is 17.7. The number of carbonyl (C=O) groups is 1. The average Bonchev–Trinajstić information content (AvgIpc) is 2.74. The molecule has 1 amide bonds. The molecule has 0 aromatic heterocycles. The molecule has 126 valence electrons. The molecule has 0 radical (unpaired) electrons. The second-order valence-electron chi connectivity index (χ2n) is 5.98. The second kappa shape index (κ2) is 7.27. The maximum absolute atomic E-state index is 11.8. The van der Waals surface area contributed by atoms with Crippen LogP contribution in [0.4, 0.5) is 5.69 Å². The predicted octanol–water partition coefficient (Wildman–Crippen LogP) is 1.45. The number of nitrogens with one attached hydrogen (secondary N) is 3. The zero-order chi connectivity index (χ0) is 17.0. The average molecular weight is 355 g/mol. The van der Waals surface area contributed by atoms with Crippen LogP contribution in [0.5, 0.6) is 0 Å². The summed E-state index contributed by atoms with van der Waals surface area (Å²) in [6.07, 6.45) is 0.722. The molecule has 1 saturated heterocycles. The normalized spacial score (nSPS) is 19.1. The third kappa shape index (κ3) is 5.80. The molecule has 3 N–H and O–H groups in total. The van der Waals surface area contributed by atoms with Gasteiger partial charge in [-0.05, 0) is 61.7 Å². The Kier molecular flexibility index (Phi) is 5.59. The molecule has 8 heteroatoms. The molecule has 1 atom stereocenters. The fourth-order valence-electron chi connectivity index (χ4n) is 2.68. The largest absolute Gasteiger partial charge is 0.331 e. The molecule has 1 aromatic rings. The Balaban J connectivity index is 1.76. The van der Waals surface area contributed by atoms with Crippen LogP contribution in [0.1, 0.15) is 24.0 Å². The van der Waals surface area contributed by atoms with E-state index in [0.29, 0.717) is 6.42 Å². The molecular weight excluding hydrogens is 334 g/mol. The Morgan fingerprint density at radius 2 is 1.87 bits per heavy atom. The van der Waals surface area contributed by atoms with E-state index in [4.69, 9.17) is 12.2 Å². The third-order valence-electron chi connectivity index (χ3n) is 3.60. The van der Waals surface area contributed by atoms with Crippen LogP contribution in [0.25, 0.3) is 0 Å². The van der Waals surface area contributed by atoms with Crippen LogP contribution in [0.15, 0.2) is 18.2 Å². The van der Waals surface area contributed by atoms with Crippen molar-refractivity contribution in [3.05, 3.63) is 29.3 Å². The SMILES string of the molecule is Cc1cc(C)cc(NC(=S)NNC(=O)C[C@H]2CCS(=O)(=O)C2)c1. The van der Waals surface area contributed by atoms with Crippen molar-refractivity contribution in [1.82, 2.24) is 10.9 Å². The molecule has 1 aliphatic heterocycles. The molecule has 1 fully saturated rings. The van der Waals surface area contributed by atoms with E-state index >= 15 is 0 Å². The van der Waals surface area contributed by atoms with E-state index in [0.717, 1.165) is 16.8 Å². The summed E-state index contributed by atoms with van der Waals surface area (Å²) in [6, 6.07) is 5.96. The predicted molar refractivity (Wildman–Crippen MR) is 94.8 cm³/mol. The summed E-state index contributed by atoms with van der Waals surface area (Å²) in [5.74, 6) is -0.115. The number of aryl methyl sites for hydroxylation is 2. The van der Waals surface area contributed by atoms with E-state index in [9.17, 15) is 13.2 Å². The smallest absolute Gasteiger partial charge is 0.238 e. The summed E-state index contributed by atoms with van der Waals surface area (Å²) in [5, 5.41) is 3.28. The Hall–Kier alpha value is -1.67. The van der Waals surface area contributed by atoms with Gasteiger partial charge in [-0.2, -0.15) is 0 Å². The van der Waals surface area contributed by atoms with Crippen molar-refractivity contribution < 1.29 is 13.2 Å². The van der Waals surface area contributed by atoms with Crippen LogP contribution < -0.4 is 16.2 Å². The zero-order valence-electron chi connectivity index (χ0n) is 13.2. The van der Waals surface area contributed by atoms with E-state index in [1.54, 1.807) is 0 Å². The first-order chi connectivity index (χ1) is 10.7. The number of thiocarbonyl (C=S) groups is 1. The summed E-state index contributed by atoms with van der Waals surface area (Å²) < 4.78 is 22.7. The number of hydrogen-bond acceptors (Lipinski definition) is 4. The van der Waals surface area contributed by atoms with Gasteiger partial charge in [-0.25, -0.2) is 8.42 Å². The number of hydrazine groups is 1. The third-order valence-corrected chi connectivity index (χ3v) is 5.64. The van der Waals surface area contributed by atoms with Gasteiger partial charge in [0, 0.05) is 12.1 Å². The molecule has 0 unspecified atom stereocenters. The van der Waals surface area contributed by atoms with Crippen molar-refractivity contribution in [3.63, 3.8) is 0 Å². The van der Waals surface area contributed by atoms with Gasteiger partial charge in [0.15, 0.2) is 14.9 Å². The van der Waals surface area contributed by atoms with Crippen LogP contribution in [-0.2, 0) is 14.6 Å². The summed E-state index contributed by atoms with van der Waals surface area (Å²) in [5.41, 5.74) is 8.20. The number of hydrogen-bond donors (Lipinski definition) is 3. The highest BCUT2D eigenvalue weighted by Gasteiger charge is 2.29. The summed E-state index contributed by atoms with van der Waals surface area (Å²) in [6.45, 7) is 3.98. The number of sulfone groups is 1. The number of benzene rings is 1. The van der Waals surface area contributed by atoms with Crippen molar-refractivity contribution >= 4 is 38.8 Å². The maximum atomic E-state index is 11.8. The van der Waals surface area contributed by atoms with Gasteiger partial charge in [-0.3, -0.25) is 15.6 Å². The van der Waals surface area contributed by atoms with Crippen molar-refractivity contribution in [1.29, 1.82) is 0 Å². The Morgan fingerprint density at radius 3 is 2.43 bits per heavy atom. The lowest BCUT2D eigenvalue weighted by molar-refractivity contribution is -0.122. The minimum Gasteiger partial charge on any atom is -0.331 e. The van der Waals surface area contributed by atoms with E-state index < -0.39 is 9.84 Å². The summed E-state index contributed by atoms with van der Waals surface area (Å²) in [4.78, 5) is 11.8. The first-order valence-electron chi connectivity index (χ1n) is 7.38. The second-order valence-corrected chi connectivity index (χ2v) is 8.61. The van der Waals surface area contributed by atoms with Crippen molar-refractivity contribution in [3.8, 4) is 0 Å². The molecule has 0 bridgehead atoms. The van der Waals surface area contributed by atoms with Gasteiger partial charge in [0.25, 0.3) is 0 Å². The lowest BCUT2D eigenvalue weighted by Crippen LogP contribution is -2.44. The molecular formula is C15H21N3O3S2. The Bertz CT molecular complexity index is 696. The lowest BCUT2D eigenvalue weighted by Gasteiger charge is -2.13. The highest BCUT2D eigenvalue weighted by atomic mass is 32.2. The van der Waals surface area contributed by atoms with Gasteiger partial charge in [-0.1, -0.05) is 6.07 Å². The minimum absolute atomic E-state index is 0.0890. The fourth-order valence-corrected chi connectivity index (χ4v) is 4.71. The topological polar surface area (TPSA) is 87.3 Å². The van der Waals surface area contributed by atoms with Gasteiger partial charge < -0.3 is 5.32 Å². The quantitative estimate of drug-likeness (QED) is 0.562. The van der Waals surface area contributed by atoms with Gasteiger partial charge in [0.1, 0.15) is 0 Å². The number of anilines is 1. The molecule has 0 aliphatic carbocycles. The molecule has 0 saturated carbocycles. The number of rotatable bonds is 3. The molecule has 1 aliphatic rings. The molecule has 1 aromatic carbocycles. The van der Waals surface area contributed by atoms with Crippen molar-refractivity contribution in [2.24, 2.45) is 5.92 Å². The maximum Gasteiger partial charge on any atom is 0.238 e. The van der Waals surface area contributed by atoms with Crippen molar-refractivity contribution in [2.45, 2.75) is 26.7 Å². The van der Waals surface area contributed by atoms with E-state index in [2.05, 4.69) is 22.2 Å². The van der Waals surface area contributed by atoms with Gasteiger partial charge >= 0.3 is 0 Å². The van der Waals surface area contributed by atoms with E-state index in [1.165, 1.54) is 0 Å². The molecule has 23 heavy (non-hydrogen) atoms. The van der Waals surface area contributed by atoms with Crippen LogP contribution in [-0.4, -0.2) is 30.9 Å². The Morgan fingerprint density at radius 1 is 1.22 bits per heavy atom. The Labute approximate surface area is 141 Å². The van der Waals surface area contributed by atoms with Crippen molar-refractivity contribution in [2.75, 3.05) is 16.8 Å². The minimum atomic E-state index is -2.96. The lowest BCUT2D eigenvalue weighted by atomic mass is 10.1. The van der Waals surface area contributed by atoms with E-state index in [-0.39, 0.29) is 34.9 Å². The van der Waals surface area contributed by atoms with Crippen LogP contribution in [0.2, 0.25) is 0 Å². The highest BCUT2D eigenvalue weighted by Crippen LogP contribution is 2.21.